The second-order valence-corrected chi connectivity index (χ2v) is 4.09. The Kier molecular flexibility index (Phi) is 4.33. The van der Waals surface area contributed by atoms with Crippen LogP contribution in [0.15, 0.2) is 18.2 Å². The molecule has 88 valence electrons. The second kappa shape index (κ2) is 5.32. The van der Waals surface area contributed by atoms with Crippen molar-refractivity contribution in [2.45, 2.75) is 32.2 Å². The smallest absolute Gasteiger partial charge is 0.221 e. The van der Waals surface area contributed by atoms with Crippen molar-refractivity contribution in [3.05, 3.63) is 29.3 Å². The van der Waals surface area contributed by atoms with Gasteiger partial charge in [0.25, 0.3) is 0 Å². The molecular weight excluding hydrogens is 224 g/mol. The third kappa shape index (κ3) is 2.74. The van der Waals surface area contributed by atoms with Gasteiger partial charge in [0.1, 0.15) is 0 Å². The van der Waals surface area contributed by atoms with Gasteiger partial charge in [-0.25, -0.2) is 0 Å². The van der Waals surface area contributed by atoms with Gasteiger partial charge in [-0.2, -0.15) is 0 Å². The molecule has 2 rings (SSSR count). The molecule has 4 heteroatoms. The maximum atomic E-state index is 10.9. The van der Waals surface area contributed by atoms with Gasteiger partial charge in [-0.3, -0.25) is 4.79 Å². The minimum atomic E-state index is -0.0423. The summed E-state index contributed by atoms with van der Waals surface area (Å²) in [5.74, 6) is -0.0423. The van der Waals surface area contributed by atoms with Crippen LogP contribution in [0.4, 0.5) is 5.69 Å². The zero-order valence-electron chi connectivity index (χ0n) is 9.32. The number of fused-ring (bicyclic) bond motifs is 1. The van der Waals surface area contributed by atoms with Crippen molar-refractivity contribution < 1.29 is 4.79 Å². The Balaban J connectivity index is 0.00000128. The molecule has 0 spiro atoms. The van der Waals surface area contributed by atoms with Gasteiger partial charge in [-0.05, 0) is 42.5 Å². The Morgan fingerprint density at radius 1 is 1.50 bits per heavy atom. The van der Waals surface area contributed by atoms with Crippen molar-refractivity contribution in [2.24, 2.45) is 5.73 Å². The van der Waals surface area contributed by atoms with E-state index in [1.807, 2.05) is 12.1 Å². The first kappa shape index (κ1) is 13.0. The molecule has 16 heavy (non-hydrogen) atoms. The van der Waals surface area contributed by atoms with E-state index in [1.165, 1.54) is 18.1 Å². The van der Waals surface area contributed by atoms with E-state index in [4.69, 9.17) is 5.73 Å². The highest BCUT2D eigenvalue weighted by Crippen LogP contribution is 2.29. The zero-order chi connectivity index (χ0) is 10.8. The van der Waals surface area contributed by atoms with E-state index in [0.717, 1.165) is 24.9 Å². The number of hydrogen-bond donors (Lipinski definition) is 2. The topological polar surface area (TPSA) is 55.1 Å². The number of halogens is 1. The van der Waals surface area contributed by atoms with E-state index in [-0.39, 0.29) is 24.4 Å². The van der Waals surface area contributed by atoms with Crippen LogP contribution < -0.4 is 11.1 Å². The second-order valence-electron chi connectivity index (χ2n) is 4.09. The van der Waals surface area contributed by atoms with Crippen molar-refractivity contribution in [1.29, 1.82) is 0 Å². The van der Waals surface area contributed by atoms with Crippen molar-refractivity contribution >= 4 is 24.0 Å². The van der Waals surface area contributed by atoms with E-state index in [1.54, 1.807) is 0 Å². The largest absolute Gasteiger partial charge is 0.326 e. The van der Waals surface area contributed by atoms with E-state index < -0.39 is 0 Å². The highest BCUT2D eigenvalue weighted by Gasteiger charge is 2.16. The molecule has 0 saturated heterocycles. The van der Waals surface area contributed by atoms with Gasteiger partial charge < -0.3 is 11.1 Å². The van der Waals surface area contributed by atoms with Crippen LogP contribution in [0, 0.1) is 0 Å². The highest BCUT2D eigenvalue weighted by atomic mass is 35.5. The Morgan fingerprint density at radius 3 is 2.94 bits per heavy atom. The van der Waals surface area contributed by atoms with Crippen LogP contribution in [-0.2, 0) is 11.2 Å². The molecule has 1 aliphatic carbocycles. The summed E-state index contributed by atoms with van der Waals surface area (Å²) in [6.45, 7) is 1.51. The third-order valence-electron chi connectivity index (χ3n) is 2.83. The maximum Gasteiger partial charge on any atom is 0.221 e. The fourth-order valence-corrected chi connectivity index (χ4v) is 2.12. The van der Waals surface area contributed by atoms with E-state index >= 15 is 0 Å². The Hall–Kier alpha value is -1.06. The van der Waals surface area contributed by atoms with Crippen LogP contribution in [-0.4, -0.2) is 5.91 Å². The molecule has 0 aliphatic heterocycles. The number of benzene rings is 1. The van der Waals surface area contributed by atoms with Crippen LogP contribution >= 0.6 is 12.4 Å². The maximum absolute atomic E-state index is 10.9. The fraction of sp³-hybridized carbons (Fsp3) is 0.417. The van der Waals surface area contributed by atoms with Gasteiger partial charge in [-0.15, -0.1) is 12.4 Å². The predicted molar refractivity (Wildman–Crippen MR) is 67.9 cm³/mol. The lowest BCUT2D eigenvalue weighted by atomic mass is 9.88. The molecule has 1 aromatic rings. The van der Waals surface area contributed by atoms with Gasteiger partial charge in [0.2, 0.25) is 5.91 Å². The average molecular weight is 241 g/mol. The number of rotatable bonds is 1. The number of amides is 1. The van der Waals surface area contributed by atoms with E-state index in [9.17, 15) is 4.79 Å². The molecule has 0 radical (unpaired) electrons. The molecule has 1 unspecified atom stereocenters. The van der Waals surface area contributed by atoms with Gasteiger partial charge in [0, 0.05) is 18.7 Å². The van der Waals surface area contributed by atoms with Crippen molar-refractivity contribution in [3.63, 3.8) is 0 Å². The number of carbonyl (C=O) groups is 1. The summed E-state index contributed by atoms with van der Waals surface area (Å²) < 4.78 is 0. The Labute approximate surface area is 102 Å². The van der Waals surface area contributed by atoms with Gasteiger partial charge in [0.05, 0.1) is 0 Å². The number of nitrogens with two attached hydrogens (primary N) is 1. The van der Waals surface area contributed by atoms with Crippen molar-refractivity contribution in [2.75, 3.05) is 5.32 Å². The molecule has 1 aromatic carbocycles. The van der Waals surface area contributed by atoms with Crippen LogP contribution in [0.2, 0.25) is 0 Å². The number of aryl methyl sites for hydroxylation is 1. The summed E-state index contributed by atoms with van der Waals surface area (Å²) in [5, 5.41) is 2.78. The number of hydrogen-bond acceptors (Lipinski definition) is 2. The van der Waals surface area contributed by atoms with E-state index in [0.29, 0.717) is 0 Å². The molecule has 0 heterocycles. The highest BCUT2D eigenvalue weighted by molar-refractivity contribution is 5.88. The summed E-state index contributed by atoms with van der Waals surface area (Å²) in [4.78, 5) is 10.9. The fourth-order valence-electron chi connectivity index (χ4n) is 2.12. The first-order valence-corrected chi connectivity index (χ1v) is 5.33. The lowest BCUT2D eigenvalue weighted by molar-refractivity contribution is -0.114. The third-order valence-corrected chi connectivity index (χ3v) is 2.83. The standard InChI is InChI=1S/C12H16N2O.ClH/c1-8(15)14-10-6-5-9-3-2-4-12(13)11(9)7-10;/h5-7,12H,2-4,13H2,1H3,(H,14,15);1H. The zero-order valence-corrected chi connectivity index (χ0v) is 10.1. The lowest BCUT2D eigenvalue weighted by Crippen LogP contribution is -2.18. The molecule has 1 atom stereocenters. The normalized spacial score (nSPS) is 18.2. The first-order valence-electron chi connectivity index (χ1n) is 5.33. The summed E-state index contributed by atoms with van der Waals surface area (Å²) in [7, 11) is 0. The van der Waals surface area contributed by atoms with Crippen LogP contribution in [0.3, 0.4) is 0 Å². The van der Waals surface area contributed by atoms with Gasteiger partial charge in [0.15, 0.2) is 0 Å². The number of nitrogens with one attached hydrogen (secondary N) is 1. The summed E-state index contributed by atoms with van der Waals surface area (Å²) >= 11 is 0. The molecule has 0 aromatic heterocycles. The molecule has 0 fully saturated rings. The predicted octanol–water partition coefficient (Wildman–Crippen LogP) is 2.40. The average Bonchev–Trinajstić information content (AvgIpc) is 2.18. The SMILES string of the molecule is CC(=O)Nc1ccc2c(c1)C(N)CCC2.Cl. The molecule has 1 amide bonds. The summed E-state index contributed by atoms with van der Waals surface area (Å²) in [6, 6.07) is 6.14. The summed E-state index contributed by atoms with van der Waals surface area (Å²) in [5.41, 5.74) is 9.39. The minimum absolute atomic E-state index is 0. The molecule has 1 aliphatic rings. The number of anilines is 1. The Morgan fingerprint density at radius 2 is 2.25 bits per heavy atom. The van der Waals surface area contributed by atoms with Crippen LogP contribution in [0.25, 0.3) is 0 Å². The van der Waals surface area contributed by atoms with Crippen molar-refractivity contribution in [3.8, 4) is 0 Å². The van der Waals surface area contributed by atoms with Gasteiger partial charge >= 0.3 is 0 Å². The van der Waals surface area contributed by atoms with E-state index in [2.05, 4.69) is 11.4 Å². The summed E-state index contributed by atoms with van der Waals surface area (Å²) in [6.07, 6.45) is 3.30. The molecular formula is C12H17ClN2O. The molecule has 0 saturated carbocycles. The van der Waals surface area contributed by atoms with Crippen molar-refractivity contribution in [1.82, 2.24) is 0 Å². The lowest BCUT2D eigenvalue weighted by Gasteiger charge is -2.22. The molecule has 3 N–H and O–H groups in total. The minimum Gasteiger partial charge on any atom is -0.326 e. The van der Waals surface area contributed by atoms with Gasteiger partial charge in [-0.1, -0.05) is 6.07 Å². The Bertz CT molecular complexity index is 393. The van der Waals surface area contributed by atoms with Crippen LogP contribution in [0.1, 0.15) is 36.9 Å². The molecule has 3 nitrogen and oxygen atoms in total. The first-order chi connectivity index (χ1) is 7.16. The monoisotopic (exact) mass is 240 g/mol. The number of carbonyl (C=O) groups excluding carboxylic acids is 1. The van der Waals surface area contributed by atoms with Crippen LogP contribution in [0.5, 0.6) is 0 Å². The molecule has 0 bridgehead atoms. The quantitative estimate of drug-likeness (QED) is 0.792.